The highest BCUT2D eigenvalue weighted by molar-refractivity contribution is 7.80. The first kappa shape index (κ1) is 13.3. The molecule has 18 heavy (non-hydrogen) atoms. The fourth-order valence-corrected chi connectivity index (χ4v) is 2.49. The molecule has 0 aromatic heterocycles. The van der Waals surface area contributed by atoms with Crippen molar-refractivity contribution in [2.24, 2.45) is 5.73 Å². The van der Waals surface area contributed by atoms with Crippen LogP contribution < -0.4 is 11.1 Å². The molecule has 3 N–H and O–H groups in total. The van der Waals surface area contributed by atoms with Crippen LogP contribution >= 0.6 is 12.2 Å². The Morgan fingerprint density at radius 1 is 1.56 bits per heavy atom. The molecule has 2 unspecified atom stereocenters. The maximum Gasteiger partial charge on any atom is 0.106 e. The Hall–Kier alpha value is -1.13. The first-order valence-corrected chi connectivity index (χ1v) is 6.77. The minimum absolute atomic E-state index is 0.267. The minimum Gasteiger partial charge on any atom is -0.389 e. The molecular weight excluding hydrogens is 244 g/mol. The highest BCUT2D eigenvalue weighted by Crippen LogP contribution is 2.22. The number of hydrogen-bond acceptors (Lipinski definition) is 3. The standard InChI is InChI=1S/C14H20N2OS/c1-9-5-6-12(11(8-9)14(15)18)16-10(2)13-4-3-7-17-13/h5-6,8,10,13,16H,3-4,7H2,1-2H3,(H2,15,18). The Morgan fingerprint density at radius 3 is 2.94 bits per heavy atom. The van der Waals surface area contributed by atoms with Crippen LogP contribution in [0, 0.1) is 6.92 Å². The molecule has 2 atom stereocenters. The Labute approximate surface area is 114 Å². The van der Waals surface area contributed by atoms with Crippen LogP contribution in [0.3, 0.4) is 0 Å². The molecule has 3 nitrogen and oxygen atoms in total. The van der Waals surface area contributed by atoms with Crippen molar-refractivity contribution < 1.29 is 4.74 Å². The molecule has 98 valence electrons. The van der Waals surface area contributed by atoms with Crippen LogP contribution in [0.5, 0.6) is 0 Å². The molecule has 0 radical (unpaired) electrons. The zero-order chi connectivity index (χ0) is 13.1. The summed E-state index contributed by atoms with van der Waals surface area (Å²) in [6.07, 6.45) is 2.54. The quantitative estimate of drug-likeness (QED) is 0.821. The van der Waals surface area contributed by atoms with Gasteiger partial charge in [0.2, 0.25) is 0 Å². The summed E-state index contributed by atoms with van der Waals surface area (Å²) in [5.74, 6) is 0. The van der Waals surface area contributed by atoms with Gasteiger partial charge in [0.1, 0.15) is 4.99 Å². The van der Waals surface area contributed by atoms with Gasteiger partial charge in [-0.2, -0.15) is 0 Å². The summed E-state index contributed by atoms with van der Waals surface area (Å²) in [5, 5.41) is 3.47. The van der Waals surface area contributed by atoms with Crippen molar-refractivity contribution >= 4 is 22.9 Å². The van der Waals surface area contributed by atoms with Gasteiger partial charge in [-0.05, 0) is 38.8 Å². The van der Waals surface area contributed by atoms with Crippen LogP contribution in [0.2, 0.25) is 0 Å². The van der Waals surface area contributed by atoms with Gasteiger partial charge in [-0.1, -0.05) is 23.8 Å². The molecule has 2 rings (SSSR count). The van der Waals surface area contributed by atoms with Crippen molar-refractivity contribution in [3.63, 3.8) is 0 Å². The summed E-state index contributed by atoms with van der Waals surface area (Å²) in [4.78, 5) is 0.431. The lowest BCUT2D eigenvalue weighted by molar-refractivity contribution is 0.0996. The molecule has 1 heterocycles. The lowest BCUT2D eigenvalue weighted by Gasteiger charge is -2.22. The van der Waals surface area contributed by atoms with E-state index in [1.54, 1.807) is 0 Å². The second kappa shape index (κ2) is 5.67. The molecule has 0 aliphatic carbocycles. The SMILES string of the molecule is Cc1ccc(NC(C)C2CCCO2)c(C(N)=S)c1. The third-order valence-corrected chi connectivity index (χ3v) is 3.57. The number of aryl methyl sites for hydroxylation is 1. The lowest BCUT2D eigenvalue weighted by Crippen LogP contribution is -2.31. The molecule has 4 heteroatoms. The zero-order valence-corrected chi connectivity index (χ0v) is 11.7. The van der Waals surface area contributed by atoms with Gasteiger partial charge in [0.15, 0.2) is 0 Å². The van der Waals surface area contributed by atoms with Crippen LogP contribution in [0.1, 0.15) is 30.9 Å². The van der Waals surface area contributed by atoms with Gasteiger partial charge in [-0.3, -0.25) is 0 Å². The van der Waals surface area contributed by atoms with E-state index in [0.29, 0.717) is 4.99 Å². The normalized spacial score (nSPS) is 20.7. The Balaban J connectivity index is 2.15. The molecular formula is C14H20N2OS. The Kier molecular flexibility index (Phi) is 4.19. The average Bonchev–Trinajstić information content (AvgIpc) is 2.84. The predicted molar refractivity (Wildman–Crippen MR) is 79.1 cm³/mol. The molecule has 1 aromatic carbocycles. The molecule has 1 fully saturated rings. The van der Waals surface area contributed by atoms with E-state index < -0.39 is 0 Å². The average molecular weight is 264 g/mol. The van der Waals surface area contributed by atoms with Crippen molar-refractivity contribution in [3.8, 4) is 0 Å². The third kappa shape index (κ3) is 3.00. The molecule has 0 bridgehead atoms. The first-order chi connectivity index (χ1) is 8.58. The maximum atomic E-state index is 5.77. The van der Waals surface area contributed by atoms with E-state index >= 15 is 0 Å². The second-order valence-electron chi connectivity index (χ2n) is 4.90. The molecule has 1 aliphatic heterocycles. The Morgan fingerprint density at radius 2 is 2.33 bits per heavy atom. The van der Waals surface area contributed by atoms with E-state index in [9.17, 15) is 0 Å². The van der Waals surface area contributed by atoms with Crippen LogP contribution in [-0.4, -0.2) is 23.7 Å². The largest absolute Gasteiger partial charge is 0.389 e. The number of rotatable bonds is 4. The lowest BCUT2D eigenvalue weighted by atomic mass is 10.1. The van der Waals surface area contributed by atoms with Crippen molar-refractivity contribution in [2.45, 2.75) is 38.8 Å². The number of nitrogens with two attached hydrogens (primary N) is 1. The first-order valence-electron chi connectivity index (χ1n) is 6.36. The highest BCUT2D eigenvalue weighted by Gasteiger charge is 2.22. The van der Waals surface area contributed by atoms with Crippen LogP contribution in [-0.2, 0) is 4.74 Å². The second-order valence-corrected chi connectivity index (χ2v) is 5.34. The van der Waals surface area contributed by atoms with E-state index in [2.05, 4.69) is 18.3 Å². The molecule has 0 saturated carbocycles. The predicted octanol–water partition coefficient (Wildman–Crippen LogP) is 2.61. The van der Waals surface area contributed by atoms with Crippen molar-refractivity contribution in [2.75, 3.05) is 11.9 Å². The van der Waals surface area contributed by atoms with E-state index in [-0.39, 0.29) is 12.1 Å². The van der Waals surface area contributed by atoms with Crippen LogP contribution in [0.4, 0.5) is 5.69 Å². The van der Waals surface area contributed by atoms with Gasteiger partial charge in [-0.15, -0.1) is 0 Å². The van der Waals surface area contributed by atoms with Crippen molar-refractivity contribution in [1.82, 2.24) is 0 Å². The number of benzene rings is 1. The number of nitrogens with one attached hydrogen (secondary N) is 1. The molecule has 1 aromatic rings. The van der Waals surface area contributed by atoms with E-state index in [4.69, 9.17) is 22.7 Å². The summed E-state index contributed by atoms with van der Waals surface area (Å²) in [7, 11) is 0. The van der Waals surface area contributed by atoms with Crippen molar-refractivity contribution in [1.29, 1.82) is 0 Å². The molecule has 0 spiro atoms. The molecule has 1 aliphatic rings. The minimum atomic E-state index is 0.267. The van der Waals surface area contributed by atoms with Crippen LogP contribution in [0.25, 0.3) is 0 Å². The van der Waals surface area contributed by atoms with Gasteiger partial charge >= 0.3 is 0 Å². The fraction of sp³-hybridized carbons (Fsp3) is 0.500. The smallest absolute Gasteiger partial charge is 0.106 e. The van der Waals surface area contributed by atoms with Gasteiger partial charge in [-0.25, -0.2) is 0 Å². The topological polar surface area (TPSA) is 47.3 Å². The number of ether oxygens (including phenoxy) is 1. The number of hydrogen-bond donors (Lipinski definition) is 2. The zero-order valence-electron chi connectivity index (χ0n) is 10.9. The fourth-order valence-electron chi connectivity index (χ4n) is 2.32. The maximum absolute atomic E-state index is 5.77. The summed E-state index contributed by atoms with van der Waals surface area (Å²) in [6, 6.07) is 6.39. The summed E-state index contributed by atoms with van der Waals surface area (Å²) in [5.41, 5.74) is 8.84. The number of thiocarbonyl (C=S) groups is 1. The monoisotopic (exact) mass is 264 g/mol. The summed E-state index contributed by atoms with van der Waals surface area (Å²) < 4.78 is 5.68. The van der Waals surface area contributed by atoms with Crippen molar-refractivity contribution in [3.05, 3.63) is 29.3 Å². The van der Waals surface area contributed by atoms with Gasteiger partial charge in [0, 0.05) is 23.9 Å². The van der Waals surface area contributed by atoms with Gasteiger partial charge in [0.05, 0.1) is 6.10 Å². The van der Waals surface area contributed by atoms with Gasteiger partial charge in [0.25, 0.3) is 0 Å². The van der Waals surface area contributed by atoms with Crippen LogP contribution in [0.15, 0.2) is 18.2 Å². The summed E-state index contributed by atoms with van der Waals surface area (Å²) >= 11 is 5.10. The summed E-state index contributed by atoms with van der Waals surface area (Å²) in [6.45, 7) is 5.04. The highest BCUT2D eigenvalue weighted by atomic mass is 32.1. The molecule has 1 saturated heterocycles. The van der Waals surface area contributed by atoms with Gasteiger partial charge < -0.3 is 15.8 Å². The third-order valence-electron chi connectivity index (χ3n) is 3.35. The van der Waals surface area contributed by atoms with E-state index in [1.165, 1.54) is 0 Å². The number of anilines is 1. The Bertz CT molecular complexity index is 441. The van der Waals surface area contributed by atoms with E-state index in [0.717, 1.165) is 36.3 Å². The van der Waals surface area contributed by atoms with E-state index in [1.807, 2.05) is 19.1 Å². The molecule has 0 amide bonds.